The van der Waals surface area contributed by atoms with Gasteiger partial charge in [0.25, 0.3) is 5.69 Å². The molecule has 92 valence electrons. The van der Waals surface area contributed by atoms with Gasteiger partial charge in [-0.2, -0.15) is 0 Å². The second kappa shape index (κ2) is 5.01. The van der Waals surface area contributed by atoms with Crippen molar-refractivity contribution in [3.8, 4) is 0 Å². The monoisotopic (exact) mass is 263 g/mol. The van der Waals surface area contributed by atoms with Crippen LogP contribution in [0.15, 0.2) is 40.6 Å². The summed E-state index contributed by atoms with van der Waals surface area (Å²) in [5, 5.41) is 11.5. The van der Waals surface area contributed by atoms with Crippen LogP contribution in [0.1, 0.15) is 17.3 Å². The third kappa shape index (κ3) is 2.57. The Kier molecular flexibility index (Phi) is 3.42. The Morgan fingerprint density at radius 1 is 1.50 bits per heavy atom. The third-order valence-corrected chi connectivity index (χ3v) is 3.22. The summed E-state index contributed by atoms with van der Waals surface area (Å²) in [6, 6.07) is 4.41. The van der Waals surface area contributed by atoms with Crippen molar-refractivity contribution in [2.24, 2.45) is 0 Å². The molecule has 1 N–H and O–H groups in total. The first-order valence-electron chi connectivity index (χ1n) is 5.04. The maximum Gasteiger partial charge on any atom is 0.284 e. The van der Waals surface area contributed by atoms with Crippen LogP contribution >= 0.6 is 11.8 Å². The number of aromatic amines is 1. The van der Waals surface area contributed by atoms with E-state index in [1.165, 1.54) is 13.0 Å². The van der Waals surface area contributed by atoms with Gasteiger partial charge in [-0.25, -0.2) is 4.98 Å². The van der Waals surface area contributed by atoms with E-state index in [0.29, 0.717) is 15.6 Å². The maximum atomic E-state index is 11.2. The number of imidazole rings is 1. The molecule has 0 aliphatic rings. The summed E-state index contributed by atoms with van der Waals surface area (Å²) in [6.45, 7) is 1.37. The van der Waals surface area contributed by atoms with Crippen LogP contribution in [-0.4, -0.2) is 20.7 Å². The average Bonchev–Trinajstić information content (AvgIpc) is 2.81. The molecule has 0 amide bonds. The van der Waals surface area contributed by atoms with E-state index >= 15 is 0 Å². The number of nitrogens with zero attached hydrogens (tertiary/aromatic N) is 2. The van der Waals surface area contributed by atoms with Crippen LogP contribution in [0.25, 0.3) is 0 Å². The first kappa shape index (κ1) is 12.3. The van der Waals surface area contributed by atoms with Gasteiger partial charge in [0.1, 0.15) is 0 Å². The highest BCUT2D eigenvalue weighted by Gasteiger charge is 2.17. The van der Waals surface area contributed by atoms with Crippen molar-refractivity contribution in [2.45, 2.75) is 17.0 Å². The third-order valence-electron chi connectivity index (χ3n) is 2.24. The highest BCUT2D eigenvalue weighted by Crippen LogP contribution is 2.33. The van der Waals surface area contributed by atoms with Crippen molar-refractivity contribution in [3.63, 3.8) is 0 Å². The highest BCUT2D eigenvalue weighted by atomic mass is 32.2. The molecule has 2 aromatic rings. The molecule has 0 radical (unpaired) electrons. The normalized spacial score (nSPS) is 10.3. The Morgan fingerprint density at radius 2 is 2.28 bits per heavy atom. The van der Waals surface area contributed by atoms with Crippen molar-refractivity contribution < 1.29 is 9.72 Å². The Bertz CT molecular complexity index is 596. The van der Waals surface area contributed by atoms with E-state index in [4.69, 9.17) is 0 Å². The molecule has 1 heterocycles. The number of ketones is 1. The lowest BCUT2D eigenvalue weighted by Crippen LogP contribution is -1.97. The number of benzene rings is 1. The molecule has 18 heavy (non-hydrogen) atoms. The van der Waals surface area contributed by atoms with Crippen LogP contribution in [-0.2, 0) is 0 Å². The lowest BCUT2D eigenvalue weighted by atomic mass is 10.1. The molecule has 2 rings (SSSR count). The Morgan fingerprint density at radius 3 is 2.83 bits per heavy atom. The van der Waals surface area contributed by atoms with Gasteiger partial charge in [-0.15, -0.1) is 0 Å². The van der Waals surface area contributed by atoms with E-state index < -0.39 is 4.92 Å². The Labute approximate surface area is 107 Å². The molecule has 6 nitrogen and oxygen atoms in total. The van der Waals surface area contributed by atoms with Gasteiger partial charge in [0, 0.05) is 24.0 Å². The Balaban J connectivity index is 2.40. The van der Waals surface area contributed by atoms with Gasteiger partial charge >= 0.3 is 0 Å². The predicted octanol–water partition coefficient (Wildman–Crippen LogP) is 2.67. The Hall–Kier alpha value is -2.15. The van der Waals surface area contributed by atoms with Crippen LogP contribution in [0.5, 0.6) is 0 Å². The number of nitro groups is 1. The molecular formula is C11H9N3O3S. The molecule has 1 aromatic carbocycles. The molecule has 7 heteroatoms. The number of carbonyl (C=O) groups is 1. The molecule has 0 saturated carbocycles. The molecule has 0 unspecified atom stereocenters. The fraction of sp³-hybridized carbons (Fsp3) is 0.0909. The zero-order chi connectivity index (χ0) is 13.1. The standard InChI is InChI=1S/C11H9N3O3S/c1-7(15)8-2-3-10(9(6-8)14(16)17)18-11-12-4-5-13-11/h2-6H,1H3,(H,12,13). The van der Waals surface area contributed by atoms with Crippen molar-refractivity contribution in [3.05, 3.63) is 46.3 Å². The smallest absolute Gasteiger partial charge is 0.284 e. The van der Waals surface area contributed by atoms with E-state index in [0.717, 1.165) is 11.8 Å². The van der Waals surface area contributed by atoms with E-state index in [2.05, 4.69) is 9.97 Å². The summed E-state index contributed by atoms with van der Waals surface area (Å²) in [7, 11) is 0. The minimum atomic E-state index is -0.502. The zero-order valence-corrected chi connectivity index (χ0v) is 10.2. The number of rotatable bonds is 4. The quantitative estimate of drug-likeness (QED) is 0.520. The number of H-pyrrole nitrogens is 1. The van der Waals surface area contributed by atoms with E-state index in [1.807, 2.05) is 0 Å². The molecule has 0 aliphatic heterocycles. The molecule has 0 spiro atoms. The van der Waals surface area contributed by atoms with Gasteiger partial charge in [-0.05, 0) is 30.8 Å². The molecule has 0 saturated heterocycles. The molecule has 0 bridgehead atoms. The lowest BCUT2D eigenvalue weighted by Gasteiger charge is -2.02. The van der Waals surface area contributed by atoms with E-state index in [9.17, 15) is 14.9 Å². The highest BCUT2D eigenvalue weighted by molar-refractivity contribution is 7.99. The summed E-state index contributed by atoms with van der Waals surface area (Å²) >= 11 is 1.15. The van der Waals surface area contributed by atoms with Gasteiger partial charge in [-0.3, -0.25) is 14.9 Å². The maximum absolute atomic E-state index is 11.2. The minimum Gasteiger partial charge on any atom is -0.339 e. The van der Waals surface area contributed by atoms with Crippen molar-refractivity contribution in [2.75, 3.05) is 0 Å². The number of Topliss-reactive ketones (excluding diaryl/α,β-unsaturated/α-hetero) is 1. The topological polar surface area (TPSA) is 88.9 Å². The van der Waals surface area contributed by atoms with Gasteiger partial charge in [0.15, 0.2) is 10.9 Å². The SMILES string of the molecule is CC(=O)c1ccc(Sc2ncc[nH]2)c([N+](=O)[O-])c1. The summed E-state index contributed by atoms with van der Waals surface area (Å²) < 4.78 is 0. The second-order valence-corrected chi connectivity index (χ2v) is 4.52. The summed E-state index contributed by atoms with van der Waals surface area (Å²) in [4.78, 5) is 29.0. The number of nitrogens with one attached hydrogen (secondary N) is 1. The van der Waals surface area contributed by atoms with E-state index in [-0.39, 0.29) is 11.5 Å². The van der Waals surface area contributed by atoms with Gasteiger partial charge in [0.05, 0.1) is 9.82 Å². The predicted molar refractivity (Wildman–Crippen MR) is 65.8 cm³/mol. The molecule has 0 aliphatic carbocycles. The van der Waals surface area contributed by atoms with Crippen LogP contribution in [0, 0.1) is 10.1 Å². The van der Waals surface area contributed by atoms with Gasteiger partial charge in [0.2, 0.25) is 0 Å². The molecule has 0 atom stereocenters. The molecule has 1 aromatic heterocycles. The number of hydrogen-bond donors (Lipinski definition) is 1. The number of aromatic nitrogens is 2. The fourth-order valence-electron chi connectivity index (χ4n) is 1.38. The fourth-order valence-corrected chi connectivity index (χ4v) is 2.20. The average molecular weight is 263 g/mol. The first-order chi connectivity index (χ1) is 8.58. The van der Waals surface area contributed by atoms with Crippen LogP contribution in [0.2, 0.25) is 0 Å². The molecule has 0 fully saturated rings. The van der Waals surface area contributed by atoms with Crippen molar-refractivity contribution in [1.82, 2.24) is 9.97 Å². The van der Waals surface area contributed by atoms with Crippen molar-refractivity contribution >= 4 is 23.2 Å². The van der Waals surface area contributed by atoms with Gasteiger partial charge in [-0.1, -0.05) is 0 Å². The lowest BCUT2D eigenvalue weighted by molar-refractivity contribution is -0.387. The van der Waals surface area contributed by atoms with E-state index in [1.54, 1.807) is 24.5 Å². The summed E-state index contributed by atoms with van der Waals surface area (Å²) in [5.41, 5.74) is 0.231. The van der Waals surface area contributed by atoms with Crippen molar-refractivity contribution in [1.29, 1.82) is 0 Å². The minimum absolute atomic E-state index is 0.0934. The van der Waals surface area contributed by atoms with Crippen LogP contribution < -0.4 is 0 Å². The van der Waals surface area contributed by atoms with Crippen LogP contribution in [0.4, 0.5) is 5.69 Å². The van der Waals surface area contributed by atoms with Gasteiger partial charge < -0.3 is 4.98 Å². The summed E-state index contributed by atoms with van der Waals surface area (Å²) in [5.74, 6) is -0.201. The number of nitro benzene ring substituents is 1. The first-order valence-corrected chi connectivity index (χ1v) is 5.86. The van der Waals surface area contributed by atoms with Crippen LogP contribution in [0.3, 0.4) is 0 Å². The number of hydrogen-bond acceptors (Lipinski definition) is 5. The number of carbonyl (C=O) groups excluding carboxylic acids is 1. The second-order valence-electron chi connectivity index (χ2n) is 3.49. The largest absolute Gasteiger partial charge is 0.339 e. The molecular weight excluding hydrogens is 254 g/mol. The zero-order valence-electron chi connectivity index (χ0n) is 9.41. The summed E-state index contributed by atoms with van der Waals surface area (Å²) in [6.07, 6.45) is 3.20.